The molecule has 0 saturated carbocycles. The number of nitrogens with two attached hydrogens (primary N) is 1. The first-order valence-electron chi connectivity index (χ1n) is 7.21. The average Bonchev–Trinajstić information content (AvgIpc) is 2.54. The molecule has 1 heterocycles. The maximum atomic E-state index is 14.1. The lowest BCUT2D eigenvalue weighted by Crippen LogP contribution is -2.14. The third kappa shape index (κ3) is 3.20. The predicted molar refractivity (Wildman–Crippen MR) is 91.2 cm³/mol. The maximum Gasteiger partial charge on any atom is 0.240 e. The van der Waals surface area contributed by atoms with Gasteiger partial charge in [-0.3, -0.25) is 4.98 Å². The van der Waals surface area contributed by atoms with Crippen LogP contribution in [0.3, 0.4) is 0 Å². The first kappa shape index (κ1) is 16.3. The normalized spacial score (nSPS) is 11.5. The van der Waals surface area contributed by atoms with E-state index in [9.17, 15) is 12.8 Å². The Kier molecular flexibility index (Phi) is 4.17. The average molecular weight is 342 g/mol. The van der Waals surface area contributed by atoms with Gasteiger partial charge in [-0.2, -0.15) is 0 Å². The van der Waals surface area contributed by atoms with Crippen molar-refractivity contribution in [3.63, 3.8) is 0 Å². The second-order valence-electron chi connectivity index (χ2n) is 5.46. The zero-order valence-electron chi connectivity index (χ0n) is 12.9. The number of benzene rings is 2. The van der Waals surface area contributed by atoms with Crippen molar-refractivity contribution in [3.8, 4) is 22.4 Å². The molecule has 0 aliphatic heterocycles. The summed E-state index contributed by atoms with van der Waals surface area (Å²) in [6.07, 6.45) is 1.61. The van der Waals surface area contributed by atoms with Crippen LogP contribution >= 0.6 is 0 Å². The molecular weight excluding hydrogens is 327 g/mol. The molecule has 122 valence electrons. The van der Waals surface area contributed by atoms with Gasteiger partial charge >= 0.3 is 0 Å². The van der Waals surface area contributed by atoms with Gasteiger partial charge in [0.25, 0.3) is 0 Å². The number of sulfonamides is 1. The fourth-order valence-corrected chi connectivity index (χ4v) is 3.07. The van der Waals surface area contributed by atoms with Gasteiger partial charge in [-0.1, -0.05) is 42.0 Å². The van der Waals surface area contributed by atoms with Crippen LogP contribution < -0.4 is 5.14 Å². The Hall–Kier alpha value is -2.57. The molecular formula is C18H15FN2O2S. The number of rotatable bonds is 3. The molecule has 0 spiro atoms. The molecule has 0 amide bonds. The van der Waals surface area contributed by atoms with Crippen LogP contribution in [0.4, 0.5) is 4.39 Å². The van der Waals surface area contributed by atoms with E-state index in [0.717, 1.165) is 28.8 Å². The standard InChI is InChI=1S/C18H15FN2O2S/c1-12-4-6-13(7-5-12)15-3-2-10-21-18(15)14-8-9-17(16(19)11-14)24(20,22)23/h2-11H,1H3,(H2,20,22,23). The summed E-state index contributed by atoms with van der Waals surface area (Å²) in [4.78, 5) is 3.80. The number of aromatic nitrogens is 1. The Morgan fingerprint density at radius 1 is 1.00 bits per heavy atom. The van der Waals surface area contributed by atoms with E-state index in [4.69, 9.17) is 5.14 Å². The summed E-state index contributed by atoms with van der Waals surface area (Å²) in [5.41, 5.74) is 3.96. The fraction of sp³-hybridized carbons (Fsp3) is 0.0556. The van der Waals surface area contributed by atoms with Gasteiger partial charge in [-0.15, -0.1) is 0 Å². The SMILES string of the molecule is Cc1ccc(-c2cccnc2-c2ccc(S(N)(=O)=O)c(F)c2)cc1. The van der Waals surface area contributed by atoms with E-state index in [1.54, 1.807) is 12.3 Å². The third-order valence-electron chi connectivity index (χ3n) is 3.68. The molecule has 3 aromatic rings. The number of aryl methyl sites for hydroxylation is 1. The van der Waals surface area contributed by atoms with Crippen LogP contribution in [-0.4, -0.2) is 13.4 Å². The van der Waals surface area contributed by atoms with Crippen LogP contribution in [0.15, 0.2) is 65.7 Å². The van der Waals surface area contributed by atoms with Gasteiger partial charge in [0, 0.05) is 17.3 Å². The van der Waals surface area contributed by atoms with Crippen LogP contribution in [0.5, 0.6) is 0 Å². The van der Waals surface area contributed by atoms with Crippen LogP contribution in [0.25, 0.3) is 22.4 Å². The Labute approximate surface area is 139 Å². The van der Waals surface area contributed by atoms with E-state index < -0.39 is 20.7 Å². The molecule has 4 nitrogen and oxygen atoms in total. The smallest absolute Gasteiger partial charge is 0.240 e. The molecule has 6 heteroatoms. The molecule has 0 unspecified atom stereocenters. The van der Waals surface area contributed by atoms with Crippen molar-refractivity contribution in [1.29, 1.82) is 0 Å². The molecule has 0 fully saturated rings. The zero-order chi connectivity index (χ0) is 17.3. The van der Waals surface area contributed by atoms with E-state index in [1.807, 2.05) is 37.3 Å². The summed E-state index contributed by atoms with van der Waals surface area (Å²) in [5.74, 6) is -0.893. The number of pyridine rings is 1. The Morgan fingerprint density at radius 3 is 2.29 bits per heavy atom. The minimum absolute atomic E-state index is 0.482. The van der Waals surface area contributed by atoms with E-state index in [1.165, 1.54) is 6.07 Å². The van der Waals surface area contributed by atoms with Crippen LogP contribution in [0.2, 0.25) is 0 Å². The van der Waals surface area contributed by atoms with Gasteiger partial charge in [0.05, 0.1) is 5.69 Å². The maximum absolute atomic E-state index is 14.1. The Morgan fingerprint density at radius 2 is 1.67 bits per heavy atom. The number of hydrogen-bond acceptors (Lipinski definition) is 3. The molecule has 0 atom stereocenters. The Balaban J connectivity index is 2.14. The van der Waals surface area contributed by atoms with Crippen molar-refractivity contribution in [2.75, 3.05) is 0 Å². The molecule has 3 rings (SSSR count). The molecule has 2 aromatic carbocycles. The van der Waals surface area contributed by atoms with Gasteiger partial charge in [-0.05, 0) is 30.7 Å². The topological polar surface area (TPSA) is 73.0 Å². The molecule has 0 aliphatic rings. The number of halogens is 1. The van der Waals surface area contributed by atoms with Crippen molar-refractivity contribution >= 4 is 10.0 Å². The van der Waals surface area contributed by atoms with Gasteiger partial charge < -0.3 is 0 Å². The summed E-state index contributed by atoms with van der Waals surface area (Å²) < 4.78 is 36.8. The summed E-state index contributed by atoms with van der Waals surface area (Å²) in [6.45, 7) is 2.00. The highest BCUT2D eigenvalue weighted by Gasteiger charge is 2.16. The molecule has 24 heavy (non-hydrogen) atoms. The van der Waals surface area contributed by atoms with E-state index in [-0.39, 0.29) is 0 Å². The number of hydrogen-bond donors (Lipinski definition) is 1. The first-order chi connectivity index (χ1) is 11.4. The van der Waals surface area contributed by atoms with E-state index >= 15 is 0 Å². The fourth-order valence-electron chi connectivity index (χ4n) is 2.48. The van der Waals surface area contributed by atoms with Crippen molar-refractivity contribution in [2.24, 2.45) is 5.14 Å². The highest BCUT2D eigenvalue weighted by Crippen LogP contribution is 2.31. The van der Waals surface area contributed by atoms with Gasteiger partial charge in [0.1, 0.15) is 10.7 Å². The van der Waals surface area contributed by atoms with Crippen LogP contribution in [-0.2, 0) is 10.0 Å². The Bertz CT molecular complexity index is 1000. The molecule has 2 N–H and O–H groups in total. The van der Waals surface area contributed by atoms with E-state index in [0.29, 0.717) is 11.3 Å². The number of primary sulfonamides is 1. The second kappa shape index (κ2) is 6.14. The summed E-state index contributed by atoms with van der Waals surface area (Å²) in [6, 6.07) is 15.4. The third-order valence-corrected chi connectivity index (χ3v) is 4.63. The summed E-state index contributed by atoms with van der Waals surface area (Å²) in [5, 5.41) is 5.00. The highest BCUT2D eigenvalue weighted by atomic mass is 32.2. The minimum atomic E-state index is -4.09. The van der Waals surface area contributed by atoms with Gasteiger partial charge in [0.2, 0.25) is 10.0 Å². The highest BCUT2D eigenvalue weighted by molar-refractivity contribution is 7.89. The monoisotopic (exact) mass is 342 g/mol. The minimum Gasteiger partial charge on any atom is -0.256 e. The number of nitrogens with zero attached hydrogens (tertiary/aromatic N) is 1. The molecule has 0 bridgehead atoms. The lowest BCUT2D eigenvalue weighted by Gasteiger charge is -2.10. The summed E-state index contributed by atoms with van der Waals surface area (Å²) in [7, 11) is -4.09. The van der Waals surface area contributed by atoms with Gasteiger partial charge in [-0.25, -0.2) is 17.9 Å². The molecule has 0 saturated heterocycles. The van der Waals surface area contributed by atoms with Gasteiger partial charge in [0.15, 0.2) is 0 Å². The quantitative estimate of drug-likeness (QED) is 0.791. The lowest BCUT2D eigenvalue weighted by molar-refractivity contribution is 0.568. The first-order valence-corrected chi connectivity index (χ1v) is 8.76. The summed E-state index contributed by atoms with van der Waals surface area (Å²) >= 11 is 0. The zero-order valence-corrected chi connectivity index (χ0v) is 13.7. The van der Waals surface area contributed by atoms with Crippen LogP contribution in [0, 0.1) is 12.7 Å². The van der Waals surface area contributed by atoms with Crippen molar-refractivity contribution < 1.29 is 12.8 Å². The van der Waals surface area contributed by atoms with Crippen molar-refractivity contribution in [1.82, 2.24) is 4.98 Å². The largest absolute Gasteiger partial charge is 0.256 e. The van der Waals surface area contributed by atoms with Crippen molar-refractivity contribution in [3.05, 3.63) is 72.2 Å². The molecule has 0 aliphatic carbocycles. The van der Waals surface area contributed by atoms with Crippen LogP contribution in [0.1, 0.15) is 5.56 Å². The lowest BCUT2D eigenvalue weighted by atomic mass is 9.98. The van der Waals surface area contributed by atoms with Crippen molar-refractivity contribution in [2.45, 2.75) is 11.8 Å². The molecule has 0 radical (unpaired) electrons. The second-order valence-corrected chi connectivity index (χ2v) is 6.99. The molecule has 1 aromatic heterocycles. The van der Waals surface area contributed by atoms with E-state index in [2.05, 4.69) is 4.98 Å². The predicted octanol–water partition coefficient (Wildman–Crippen LogP) is 3.51.